The number of pyridine rings is 1. The van der Waals surface area contributed by atoms with Crippen molar-refractivity contribution < 1.29 is 9.18 Å². The molecule has 3 aromatic rings. The Kier molecular flexibility index (Phi) is 3.42. The van der Waals surface area contributed by atoms with Gasteiger partial charge < -0.3 is 0 Å². The molecule has 0 saturated carbocycles. The number of rotatable bonds is 4. The van der Waals surface area contributed by atoms with Crippen LogP contribution >= 0.6 is 0 Å². The summed E-state index contributed by atoms with van der Waals surface area (Å²) in [6, 6.07) is 9.51. The van der Waals surface area contributed by atoms with Gasteiger partial charge in [-0.3, -0.25) is 14.7 Å². The van der Waals surface area contributed by atoms with Crippen LogP contribution in [0.5, 0.6) is 0 Å². The van der Waals surface area contributed by atoms with Crippen molar-refractivity contribution in [3.63, 3.8) is 0 Å². The van der Waals surface area contributed by atoms with Gasteiger partial charge in [0.15, 0.2) is 5.65 Å². The highest BCUT2D eigenvalue weighted by Gasteiger charge is 2.17. The molecule has 0 saturated heterocycles. The van der Waals surface area contributed by atoms with Crippen molar-refractivity contribution in [2.75, 3.05) is 5.32 Å². The minimum atomic E-state index is -0.323. The predicted octanol–water partition coefficient (Wildman–Crippen LogP) is 3.16. The van der Waals surface area contributed by atoms with Gasteiger partial charge in [-0.1, -0.05) is 18.2 Å². The Labute approximate surface area is 137 Å². The Balaban J connectivity index is 1.62. The van der Waals surface area contributed by atoms with Crippen molar-refractivity contribution in [2.24, 2.45) is 0 Å². The zero-order valence-corrected chi connectivity index (χ0v) is 12.6. The number of carbonyl (C=O) groups excluding carboxylic acids is 1. The lowest BCUT2D eigenvalue weighted by molar-refractivity contribution is -0.115. The fraction of sp³-hybridized carbons (Fsp3) is 0.0556. The van der Waals surface area contributed by atoms with E-state index in [1.165, 1.54) is 12.1 Å². The zero-order chi connectivity index (χ0) is 16.5. The number of fused-ring (bicyclic) bond motifs is 1. The van der Waals surface area contributed by atoms with Crippen LogP contribution < -0.4 is 5.32 Å². The molecule has 1 aliphatic rings. The normalized spacial score (nSPS) is 12.8. The van der Waals surface area contributed by atoms with E-state index in [-0.39, 0.29) is 18.1 Å². The van der Waals surface area contributed by atoms with Gasteiger partial charge in [0.1, 0.15) is 11.3 Å². The van der Waals surface area contributed by atoms with Crippen LogP contribution in [-0.4, -0.2) is 20.4 Å². The van der Waals surface area contributed by atoms with Gasteiger partial charge >= 0.3 is 0 Å². The molecule has 0 unspecified atom stereocenters. The fourth-order valence-electron chi connectivity index (χ4n) is 2.53. The smallest absolute Gasteiger partial charge is 0.231 e. The van der Waals surface area contributed by atoms with E-state index in [0.717, 1.165) is 11.3 Å². The molecular formula is C18H13FN4O. The number of halogens is 1. The van der Waals surface area contributed by atoms with Crippen LogP contribution in [0.3, 0.4) is 0 Å². The lowest BCUT2D eigenvalue weighted by Gasteiger charge is -2.13. The monoisotopic (exact) mass is 320 g/mol. The van der Waals surface area contributed by atoms with Crippen molar-refractivity contribution >= 4 is 28.7 Å². The number of benzene rings is 1. The molecule has 1 N–H and O–H groups in total. The average Bonchev–Trinajstić information content (AvgIpc) is 2.86. The third kappa shape index (κ3) is 2.58. The molecule has 24 heavy (non-hydrogen) atoms. The summed E-state index contributed by atoms with van der Waals surface area (Å²) in [6.45, 7) is 0. The molecule has 0 aliphatic heterocycles. The van der Waals surface area contributed by atoms with Gasteiger partial charge in [0, 0.05) is 6.20 Å². The maximum absolute atomic E-state index is 12.9. The Morgan fingerprint density at radius 2 is 2.00 bits per heavy atom. The first-order chi connectivity index (χ1) is 11.7. The fourth-order valence-corrected chi connectivity index (χ4v) is 2.53. The van der Waals surface area contributed by atoms with Crippen molar-refractivity contribution in [2.45, 2.75) is 6.42 Å². The number of imidazole rings is 1. The number of hydrogen-bond donors (Lipinski definition) is 1. The van der Waals surface area contributed by atoms with Crippen LogP contribution in [0, 0.1) is 5.82 Å². The number of anilines is 1. The number of nitrogens with one attached hydrogen (secondary N) is 1. The van der Waals surface area contributed by atoms with Crippen LogP contribution in [0.4, 0.5) is 10.3 Å². The SMILES string of the molecule is O=C(Cc1ccc(F)cc1)Nc1nc2cccnc2n1C1=CC=C1. The maximum Gasteiger partial charge on any atom is 0.231 e. The summed E-state index contributed by atoms with van der Waals surface area (Å²) in [5.41, 5.74) is 3.03. The topological polar surface area (TPSA) is 59.8 Å². The summed E-state index contributed by atoms with van der Waals surface area (Å²) in [4.78, 5) is 21.1. The van der Waals surface area contributed by atoms with Gasteiger partial charge in [-0.15, -0.1) is 0 Å². The van der Waals surface area contributed by atoms with E-state index < -0.39 is 0 Å². The van der Waals surface area contributed by atoms with Crippen molar-refractivity contribution in [1.29, 1.82) is 0 Å². The van der Waals surface area contributed by atoms with Crippen LogP contribution in [0.15, 0.2) is 60.8 Å². The first kappa shape index (κ1) is 14.3. The Hall–Kier alpha value is -3.28. The number of aromatic nitrogens is 3. The Morgan fingerprint density at radius 1 is 1.21 bits per heavy atom. The highest BCUT2D eigenvalue weighted by Crippen LogP contribution is 2.26. The molecule has 1 aromatic carbocycles. The molecular weight excluding hydrogens is 307 g/mol. The molecule has 2 heterocycles. The molecule has 0 radical (unpaired) electrons. The zero-order valence-electron chi connectivity index (χ0n) is 12.6. The van der Waals surface area contributed by atoms with Gasteiger partial charge in [0.2, 0.25) is 11.9 Å². The summed E-state index contributed by atoms with van der Waals surface area (Å²) >= 11 is 0. The first-order valence-electron chi connectivity index (χ1n) is 7.47. The van der Waals surface area contributed by atoms with Crippen molar-refractivity contribution in [3.05, 3.63) is 72.2 Å². The van der Waals surface area contributed by atoms with Crippen LogP contribution in [0.2, 0.25) is 0 Å². The maximum atomic E-state index is 12.9. The second-order valence-corrected chi connectivity index (χ2v) is 5.42. The largest absolute Gasteiger partial charge is 0.295 e. The second-order valence-electron chi connectivity index (χ2n) is 5.42. The van der Waals surface area contributed by atoms with Gasteiger partial charge in [-0.25, -0.2) is 14.4 Å². The summed E-state index contributed by atoms with van der Waals surface area (Å²) in [7, 11) is 0. The molecule has 5 nitrogen and oxygen atoms in total. The summed E-state index contributed by atoms with van der Waals surface area (Å²) in [5.74, 6) is -0.121. The van der Waals surface area contributed by atoms with Crippen LogP contribution in [-0.2, 0) is 11.2 Å². The third-order valence-electron chi connectivity index (χ3n) is 3.74. The van der Waals surface area contributed by atoms with Crippen LogP contribution in [0.1, 0.15) is 5.56 Å². The molecule has 2 aromatic heterocycles. The minimum absolute atomic E-state index is 0.145. The van der Waals surface area contributed by atoms with E-state index in [0.29, 0.717) is 17.1 Å². The Bertz CT molecular complexity index is 986. The molecule has 0 spiro atoms. The third-order valence-corrected chi connectivity index (χ3v) is 3.74. The number of carbonyl (C=O) groups is 1. The molecule has 6 heteroatoms. The quantitative estimate of drug-likeness (QED) is 0.803. The second kappa shape index (κ2) is 5.73. The van der Waals surface area contributed by atoms with Crippen LogP contribution in [0.25, 0.3) is 16.9 Å². The number of amides is 1. The van der Waals surface area contributed by atoms with E-state index >= 15 is 0 Å². The van der Waals surface area contributed by atoms with Gasteiger partial charge in [0.05, 0.1) is 12.1 Å². The van der Waals surface area contributed by atoms with Crippen molar-refractivity contribution in [3.8, 4) is 0 Å². The summed E-state index contributed by atoms with van der Waals surface area (Å²) in [6.07, 6.45) is 7.59. The molecule has 0 atom stereocenters. The van der Waals surface area contributed by atoms with Gasteiger partial charge in [-0.2, -0.15) is 0 Å². The molecule has 4 rings (SSSR count). The van der Waals surface area contributed by atoms with E-state index in [9.17, 15) is 9.18 Å². The summed E-state index contributed by atoms with van der Waals surface area (Å²) in [5, 5.41) is 2.82. The number of hydrogen-bond acceptors (Lipinski definition) is 3. The first-order valence-corrected chi connectivity index (χ1v) is 7.47. The Morgan fingerprint density at radius 3 is 2.71 bits per heavy atom. The van der Waals surface area contributed by atoms with E-state index in [1.807, 2.05) is 24.3 Å². The van der Waals surface area contributed by atoms with E-state index in [2.05, 4.69) is 15.3 Å². The highest BCUT2D eigenvalue weighted by atomic mass is 19.1. The standard InChI is InChI=1S/C18H13FN4O/c19-13-8-6-12(7-9-13)11-16(24)22-18-21-15-5-2-10-20-17(15)23(18)14-3-1-4-14/h1-10H,11H2,(H,21,22,24). The van der Waals surface area contributed by atoms with Gasteiger partial charge in [-0.05, 0) is 42.0 Å². The molecule has 1 aliphatic carbocycles. The molecule has 1 amide bonds. The predicted molar refractivity (Wildman–Crippen MR) is 89.7 cm³/mol. The number of allylic oxidation sites excluding steroid dienone is 4. The number of nitrogens with zero attached hydrogens (tertiary/aromatic N) is 3. The van der Waals surface area contributed by atoms with E-state index in [1.54, 1.807) is 29.0 Å². The van der Waals surface area contributed by atoms with Gasteiger partial charge in [0.25, 0.3) is 0 Å². The lowest BCUT2D eigenvalue weighted by atomic mass is 10.1. The minimum Gasteiger partial charge on any atom is -0.295 e. The average molecular weight is 320 g/mol. The molecule has 0 fully saturated rings. The lowest BCUT2D eigenvalue weighted by Crippen LogP contribution is -2.18. The molecule has 0 bridgehead atoms. The van der Waals surface area contributed by atoms with Crippen molar-refractivity contribution in [1.82, 2.24) is 14.5 Å². The van der Waals surface area contributed by atoms with E-state index in [4.69, 9.17) is 0 Å². The summed E-state index contributed by atoms with van der Waals surface area (Å²) < 4.78 is 14.7. The highest BCUT2D eigenvalue weighted by molar-refractivity contribution is 5.94. The molecule has 118 valence electrons.